The van der Waals surface area contributed by atoms with Gasteiger partial charge in [0.25, 0.3) is 0 Å². The molecule has 1 aromatic rings. The average Bonchev–Trinajstić information content (AvgIpc) is 2.26. The van der Waals surface area contributed by atoms with Crippen molar-refractivity contribution in [1.82, 2.24) is 4.98 Å². The lowest BCUT2D eigenvalue weighted by atomic mass is 10.2. The quantitative estimate of drug-likeness (QED) is 0.796. The van der Waals surface area contributed by atoms with Crippen molar-refractivity contribution in [3.63, 3.8) is 0 Å². The van der Waals surface area contributed by atoms with Crippen LogP contribution >= 0.6 is 11.6 Å². The summed E-state index contributed by atoms with van der Waals surface area (Å²) < 4.78 is 44.9. The first-order chi connectivity index (χ1) is 8.41. The first kappa shape index (κ1) is 14.4. The van der Waals surface area contributed by atoms with E-state index < -0.39 is 12.2 Å². The van der Waals surface area contributed by atoms with Crippen LogP contribution in [0.15, 0.2) is 6.07 Å². The van der Waals surface area contributed by atoms with Crippen molar-refractivity contribution in [2.45, 2.75) is 18.7 Å². The van der Waals surface area contributed by atoms with Gasteiger partial charge in [-0.15, -0.1) is 24.8 Å². The Labute approximate surface area is 106 Å². The van der Waals surface area contributed by atoms with E-state index in [-0.39, 0.29) is 29.3 Å². The summed E-state index contributed by atoms with van der Waals surface area (Å²) >= 11 is 5.60. The number of halogens is 4. The van der Waals surface area contributed by atoms with E-state index in [1.165, 1.54) is 7.11 Å². The number of ether oxygens (including phenoxy) is 2. The minimum atomic E-state index is -4.85. The third kappa shape index (κ3) is 3.67. The molecule has 1 heterocycles. The van der Waals surface area contributed by atoms with E-state index in [4.69, 9.17) is 21.6 Å². The predicted octanol–water partition coefficient (Wildman–Crippen LogP) is 2.79. The van der Waals surface area contributed by atoms with Crippen LogP contribution in [0.3, 0.4) is 0 Å². The van der Waals surface area contributed by atoms with Gasteiger partial charge in [0.1, 0.15) is 11.4 Å². The van der Waals surface area contributed by atoms with Crippen LogP contribution in [0.2, 0.25) is 0 Å². The van der Waals surface area contributed by atoms with Crippen molar-refractivity contribution in [1.29, 1.82) is 5.26 Å². The normalized spacial score (nSPS) is 10.9. The van der Waals surface area contributed by atoms with Gasteiger partial charge in [0.2, 0.25) is 5.88 Å². The Hall–Kier alpha value is -1.68. The smallest absolute Gasteiger partial charge is 0.494 e. The lowest BCUT2D eigenvalue weighted by Crippen LogP contribution is -2.18. The molecule has 0 aromatic carbocycles. The van der Waals surface area contributed by atoms with Gasteiger partial charge >= 0.3 is 6.36 Å². The number of hydrogen-bond acceptors (Lipinski definition) is 4. The summed E-state index contributed by atoms with van der Waals surface area (Å²) in [5.74, 6) is -0.552. The highest BCUT2D eigenvalue weighted by atomic mass is 35.5. The molecule has 0 N–H and O–H groups in total. The maximum atomic E-state index is 12.1. The van der Waals surface area contributed by atoms with Crippen molar-refractivity contribution in [3.8, 4) is 17.7 Å². The van der Waals surface area contributed by atoms with Crippen molar-refractivity contribution >= 4 is 11.6 Å². The fourth-order valence-corrected chi connectivity index (χ4v) is 1.53. The molecule has 18 heavy (non-hydrogen) atoms. The maximum absolute atomic E-state index is 12.1. The Bertz CT molecular complexity index is 471. The van der Waals surface area contributed by atoms with Gasteiger partial charge in [-0.05, 0) is 0 Å². The number of aromatic nitrogens is 1. The Balaban J connectivity index is 3.23. The predicted molar refractivity (Wildman–Crippen MR) is 56.3 cm³/mol. The molecule has 1 aromatic heterocycles. The van der Waals surface area contributed by atoms with Crippen molar-refractivity contribution in [2.75, 3.05) is 7.11 Å². The SMILES string of the molecule is COc1c(CCl)cc(OC(F)(F)F)nc1CC#N. The molecule has 0 bridgehead atoms. The Kier molecular flexibility index (Phi) is 4.62. The number of alkyl halides is 4. The van der Waals surface area contributed by atoms with Crippen LogP contribution < -0.4 is 9.47 Å². The number of hydrogen-bond donors (Lipinski definition) is 0. The monoisotopic (exact) mass is 280 g/mol. The first-order valence-corrected chi connectivity index (χ1v) is 5.20. The maximum Gasteiger partial charge on any atom is 0.574 e. The molecule has 0 aliphatic rings. The molecule has 0 unspecified atom stereocenters. The zero-order valence-electron chi connectivity index (χ0n) is 9.21. The lowest BCUT2D eigenvalue weighted by Gasteiger charge is -2.13. The van der Waals surface area contributed by atoms with E-state index in [0.717, 1.165) is 6.07 Å². The molecule has 98 valence electrons. The van der Waals surface area contributed by atoms with Crippen molar-refractivity contribution in [2.24, 2.45) is 0 Å². The summed E-state index contributed by atoms with van der Waals surface area (Å²) in [6, 6.07) is 2.81. The Morgan fingerprint density at radius 1 is 1.50 bits per heavy atom. The second kappa shape index (κ2) is 5.78. The summed E-state index contributed by atoms with van der Waals surface area (Å²) in [5.41, 5.74) is 0.330. The van der Waals surface area contributed by atoms with E-state index in [9.17, 15) is 13.2 Å². The molecular weight excluding hydrogens is 273 g/mol. The number of pyridine rings is 1. The average molecular weight is 281 g/mol. The van der Waals surface area contributed by atoms with Crippen LogP contribution in [-0.4, -0.2) is 18.5 Å². The molecule has 0 saturated carbocycles. The first-order valence-electron chi connectivity index (χ1n) is 4.66. The van der Waals surface area contributed by atoms with Gasteiger partial charge in [0.05, 0.1) is 25.5 Å². The van der Waals surface area contributed by atoms with Crippen molar-refractivity contribution < 1.29 is 22.6 Å². The van der Waals surface area contributed by atoms with E-state index in [1.54, 1.807) is 6.07 Å². The Morgan fingerprint density at radius 2 is 2.17 bits per heavy atom. The zero-order chi connectivity index (χ0) is 13.8. The van der Waals surface area contributed by atoms with Crippen LogP contribution in [0, 0.1) is 11.3 Å². The molecule has 4 nitrogen and oxygen atoms in total. The standard InChI is InChI=1S/C10H8ClF3N2O2/c1-17-9-6(5-11)4-8(18-10(12,13)14)16-7(9)2-3-15/h4H,2,5H2,1H3. The number of nitriles is 1. The molecule has 0 aliphatic heterocycles. The fraction of sp³-hybridized carbons (Fsp3) is 0.400. The lowest BCUT2D eigenvalue weighted by molar-refractivity contribution is -0.276. The molecule has 8 heteroatoms. The van der Waals surface area contributed by atoms with Gasteiger partial charge in [-0.25, -0.2) is 4.98 Å². The fourth-order valence-electron chi connectivity index (χ4n) is 1.33. The van der Waals surface area contributed by atoms with Crippen LogP contribution in [0.4, 0.5) is 13.2 Å². The summed E-state index contributed by atoms with van der Waals surface area (Å²) in [6.07, 6.45) is -5.06. The zero-order valence-corrected chi connectivity index (χ0v) is 9.97. The van der Waals surface area contributed by atoms with Crippen LogP contribution in [-0.2, 0) is 12.3 Å². The van der Waals surface area contributed by atoms with Gasteiger partial charge in [0, 0.05) is 11.6 Å². The summed E-state index contributed by atoms with van der Waals surface area (Å²) in [5, 5.41) is 8.59. The molecule has 0 spiro atoms. The molecule has 0 fully saturated rings. The van der Waals surface area contributed by atoms with Gasteiger partial charge in [-0.1, -0.05) is 0 Å². The molecule has 0 amide bonds. The number of rotatable bonds is 4. The topological polar surface area (TPSA) is 55.1 Å². The third-order valence-corrected chi connectivity index (χ3v) is 2.20. The molecule has 1 rings (SSSR count). The molecule has 0 aliphatic carbocycles. The minimum Gasteiger partial charge on any atom is -0.494 e. The highest BCUT2D eigenvalue weighted by Crippen LogP contribution is 2.30. The number of methoxy groups -OCH3 is 1. The van der Waals surface area contributed by atoms with Crippen molar-refractivity contribution in [3.05, 3.63) is 17.3 Å². The highest BCUT2D eigenvalue weighted by Gasteiger charge is 2.32. The summed E-state index contributed by atoms with van der Waals surface area (Å²) in [4.78, 5) is 3.58. The third-order valence-electron chi connectivity index (χ3n) is 1.91. The van der Waals surface area contributed by atoms with E-state index in [1.807, 2.05) is 0 Å². The summed E-state index contributed by atoms with van der Waals surface area (Å²) in [6.45, 7) is 0. The largest absolute Gasteiger partial charge is 0.574 e. The Morgan fingerprint density at radius 3 is 2.61 bits per heavy atom. The molecule has 0 atom stereocenters. The van der Waals surface area contributed by atoms with Gasteiger partial charge < -0.3 is 9.47 Å². The summed E-state index contributed by atoms with van der Waals surface area (Å²) in [7, 11) is 1.32. The molecular formula is C10H8ClF3N2O2. The molecule has 0 radical (unpaired) electrons. The van der Waals surface area contributed by atoms with Gasteiger partial charge in [0.15, 0.2) is 0 Å². The molecule has 0 saturated heterocycles. The van der Waals surface area contributed by atoms with Crippen LogP contribution in [0.5, 0.6) is 11.6 Å². The van der Waals surface area contributed by atoms with Gasteiger partial charge in [-0.3, -0.25) is 0 Å². The van der Waals surface area contributed by atoms with E-state index >= 15 is 0 Å². The van der Waals surface area contributed by atoms with E-state index in [2.05, 4.69) is 9.72 Å². The highest BCUT2D eigenvalue weighted by molar-refractivity contribution is 6.17. The second-order valence-corrected chi connectivity index (χ2v) is 3.38. The van der Waals surface area contributed by atoms with Gasteiger partial charge in [-0.2, -0.15) is 5.26 Å². The minimum absolute atomic E-state index is 0.0531. The second-order valence-electron chi connectivity index (χ2n) is 3.12. The number of nitrogens with zero attached hydrogens (tertiary/aromatic N) is 2. The van der Waals surface area contributed by atoms with Crippen LogP contribution in [0.1, 0.15) is 11.3 Å². The van der Waals surface area contributed by atoms with E-state index in [0.29, 0.717) is 0 Å². The van der Waals surface area contributed by atoms with Crippen LogP contribution in [0.25, 0.3) is 0 Å².